The number of nitrogens with zero attached hydrogens (tertiary/aromatic N) is 1. The number of ether oxygens (including phenoxy) is 4. The van der Waals surface area contributed by atoms with Gasteiger partial charge in [0.1, 0.15) is 17.4 Å². The summed E-state index contributed by atoms with van der Waals surface area (Å²) in [5, 5.41) is 12.6. The third-order valence-corrected chi connectivity index (χ3v) is 6.60. The van der Waals surface area contributed by atoms with Crippen LogP contribution >= 0.6 is 27.5 Å². The molecule has 0 aliphatic rings. The van der Waals surface area contributed by atoms with Crippen LogP contribution in [-0.4, -0.2) is 45.9 Å². The first-order chi connectivity index (χ1) is 17.2. The van der Waals surface area contributed by atoms with Gasteiger partial charge in [0.2, 0.25) is 0 Å². The molecule has 0 aromatic heterocycles. The normalized spacial score (nSPS) is 11.0. The van der Waals surface area contributed by atoms with Crippen molar-refractivity contribution in [3.05, 3.63) is 56.0 Å². The van der Waals surface area contributed by atoms with Crippen LogP contribution in [0.2, 0.25) is 5.02 Å². The summed E-state index contributed by atoms with van der Waals surface area (Å²) in [7, 11) is 2.95. The molecule has 0 aliphatic heterocycles. The largest absolute Gasteiger partial charge is 0.493 e. The fraction of sp³-hybridized carbons (Fsp3) is 0.346. The van der Waals surface area contributed by atoms with Crippen LogP contribution in [0, 0.1) is 25.2 Å². The lowest BCUT2D eigenvalue weighted by Gasteiger charge is -2.13. The van der Waals surface area contributed by atoms with Crippen molar-refractivity contribution in [2.24, 2.45) is 0 Å². The highest BCUT2D eigenvalue weighted by Crippen LogP contribution is 2.36. The summed E-state index contributed by atoms with van der Waals surface area (Å²) in [6, 6.07) is 8.47. The quantitative estimate of drug-likeness (QED) is 0.122. The molecule has 0 aliphatic carbocycles. The lowest BCUT2D eigenvalue weighted by atomic mass is 10.1. The fourth-order valence-corrected chi connectivity index (χ4v) is 3.80. The second kappa shape index (κ2) is 14.5. The summed E-state index contributed by atoms with van der Waals surface area (Å²) in [5.74, 6) is 0.231. The Bertz CT molecular complexity index is 1180. The predicted molar refractivity (Wildman–Crippen MR) is 140 cm³/mol. The number of esters is 1. The molecule has 1 N–H and O–H groups in total. The van der Waals surface area contributed by atoms with Gasteiger partial charge in [0.05, 0.1) is 24.8 Å². The van der Waals surface area contributed by atoms with Crippen LogP contribution in [0.5, 0.6) is 17.2 Å². The van der Waals surface area contributed by atoms with Crippen LogP contribution in [0.15, 0.2) is 34.3 Å². The van der Waals surface area contributed by atoms with E-state index in [0.717, 1.165) is 15.6 Å². The molecule has 0 saturated heterocycles. The second-order valence-electron chi connectivity index (χ2n) is 7.70. The number of amides is 1. The maximum atomic E-state index is 12.4. The minimum absolute atomic E-state index is 0.0735. The Labute approximate surface area is 224 Å². The summed E-state index contributed by atoms with van der Waals surface area (Å²) in [6.45, 7) is 4.74. The topological polar surface area (TPSA) is 107 Å². The van der Waals surface area contributed by atoms with Crippen molar-refractivity contribution in [1.29, 1.82) is 5.26 Å². The summed E-state index contributed by atoms with van der Waals surface area (Å²) >= 11 is 9.73. The van der Waals surface area contributed by atoms with Gasteiger partial charge in [-0.3, -0.25) is 9.59 Å². The molecule has 10 heteroatoms. The lowest BCUT2D eigenvalue weighted by Crippen LogP contribution is -2.27. The van der Waals surface area contributed by atoms with Gasteiger partial charge in [-0.2, -0.15) is 5.26 Å². The number of nitrogens with one attached hydrogen (secondary N) is 1. The molecule has 0 heterocycles. The number of rotatable bonds is 12. The van der Waals surface area contributed by atoms with Gasteiger partial charge in [-0.05, 0) is 77.2 Å². The van der Waals surface area contributed by atoms with Gasteiger partial charge in [-0.15, -0.1) is 0 Å². The highest BCUT2D eigenvalue weighted by Gasteiger charge is 2.14. The maximum absolute atomic E-state index is 12.4. The number of carbonyl (C=O) groups excluding carboxylic acids is 2. The van der Waals surface area contributed by atoms with Crippen molar-refractivity contribution in [3.8, 4) is 23.3 Å². The van der Waals surface area contributed by atoms with Crippen LogP contribution in [0.3, 0.4) is 0 Å². The lowest BCUT2D eigenvalue weighted by molar-refractivity contribution is -0.134. The van der Waals surface area contributed by atoms with Gasteiger partial charge in [0, 0.05) is 25.1 Å². The number of halogens is 2. The SMILES string of the molecule is COCCNC(=O)/C(C#N)=C/c1ccc(OC(=O)CCCOc2cc(C)c(Cl)c(C)c2Br)c(OC)c1. The fourth-order valence-electron chi connectivity index (χ4n) is 3.11. The minimum atomic E-state index is -0.512. The molecule has 0 saturated carbocycles. The molecule has 192 valence electrons. The molecule has 1 amide bonds. The van der Waals surface area contributed by atoms with E-state index in [-0.39, 0.29) is 24.3 Å². The van der Waals surface area contributed by atoms with Crippen LogP contribution in [0.4, 0.5) is 0 Å². The van der Waals surface area contributed by atoms with E-state index < -0.39 is 11.9 Å². The molecule has 8 nitrogen and oxygen atoms in total. The van der Waals surface area contributed by atoms with Gasteiger partial charge < -0.3 is 24.3 Å². The van der Waals surface area contributed by atoms with Gasteiger partial charge in [-0.1, -0.05) is 17.7 Å². The number of hydrogen-bond acceptors (Lipinski definition) is 7. The third kappa shape index (κ3) is 8.26. The van der Waals surface area contributed by atoms with Gasteiger partial charge in [0.25, 0.3) is 5.91 Å². The number of methoxy groups -OCH3 is 2. The molecule has 36 heavy (non-hydrogen) atoms. The highest BCUT2D eigenvalue weighted by atomic mass is 79.9. The van der Waals surface area contributed by atoms with Crippen LogP contribution in [-0.2, 0) is 14.3 Å². The zero-order valence-electron chi connectivity index (χ0n) is 20.6. The average molecular weight is 580 g/mol. The zero-order chi connectivity index (χ0) is 26.7. The van der Waals surface area contributed by atoms with E-state index in [9.17, 15) is 14.9 Å². The molecule has 2 rings (SSSR count). The number of nitriles is 1. The number of carbonyl (C=O) groups is 2. The van der Waals surface area contributed by atoms with Crippen molar-refractivity contribution in [3.63, 3.8) is 0 Å². The van der Waals surface area contributed by atoms with E-state index in [2.05, 4.69) is 21.2 Å². The molecular formula is C26H28BrClN2O6. The molecule has 0 bridgehead atoms. The first-order valence-electron chi connectivity index (χ1n) is 11.1. The summed E-state index contributed by atoms with van der Waals surface area (Å²) < 4.78 is 22.2. The summed E-state index contributed by atoms with van der Waals surface area (Å²) in [6.07, 6.45) is 2.00. The van der Waals surface area contributed by atoms with E-state index in [4.69, 9.17) is 30.5 Å². The smallest absolute Gasteiger partial charge is 0.311 e. The minimum Gasteiger partial charge on any atom is -0.493 e. The Morgan fingerprint density at radius 3 is 2.56 bits per heavy atom. The van der Waals surface area contributed by atoms with Gasteiger partial charge in [0.15, 0.2) is 11.5 Å². The Kier molecular flexibility index (Phi) is 11.7. The summed E-state index contributed by atoms with van der Waals surface area (Å²) in [4.78, 5) is 24.5. The van der Waals surface area contributed by atoms with Crippen LogP contribution in [0.25, 0.3) is 6.08 Å². The number of benzene rings is 2. The van der Waals surface area contributed by atoms with Crippen LogP contribution in [0.1, 0.15) is 29.5 Å². The van der Waals surface area contributed by atoms with Crippen molar-refractivity contribution in [2.45, 2.75) is 26.7 Å². The molecular weight excluding hydrogens is 552 g/mol. The molecule has 2 aromatic rings. The maximum Gasteiger partial charge on any atom is 0.311 e. The monoisotopic (exact) mass is 578 g/mol. The van der Waals surface area contributed by atoms with E-state index in [1.807, 2.05) is 26.0 Å². The first-order valence-corrected chi connectivity index (χ1v) is 12.2. The zero-order valence-corrected chi connectivity index (χ0v) is 22.9. The van der Waals surface area contributed by atoms with E-state index in [1.54, 1.807) is 18.2 Å². The van der Waals surface area contributed by atoms with Crippen LogP contribution < -0.4 is 19.5 Å². The van der Waals surface area contributed by atoms with E-state index in [1.165, 1.54) is 20.3 Å². The highest BCUT2D eigenvalue weighted by molar-refractivity contribution is 9.10. The predicted octanol–water partition coefficient (Wildman–Crippen LogP) is 5.16. The van der Waals surface area contributed by atoms with Gasteiger partial charge >= 0.3 is 5.97 Å². The van der Waals surface area contributed by atoms with E-state index in [0.29, 0.717) is 41.7 Å². The van der Waals surface area contributed by atoms with Crippen molar-refractivity contribution >= 4 is 45.5 Å². The molecule has 2 aromatic carbocycles. The molecule has 0 spiro atoms. The average Bonchev–Trinajstić information content (AvgIpc) is 2.87. The Morgan fingerprint density at radius 2 is 1.89 bits per heavy atom. The molecule has 0 atom stereocenters. The standard InChI is InChI=1S/C26H28BrClN2O6/c1-16-12-22(24(27)17(2)25(16)28)35-10-5-6-23(31)36-20-8-7-18(14-21(20)34-4)13-19(15-29)26(32)30-9-11-33-3/h7-8,12-14H,5-6,9-11H2,1-4H3,(H,30,32)/b19-13+. The third-order valence-electron chi connectivity index (χ3n) is 5.03. The van der Waals surface area contributed by atoms with Crippen molar-refractivity contribution in [2.75, 3.05) is 34.0 Å². The molecule has 0 fully saturated rings. The molecule has 0 unspecified atom stereocenters. The van der Waals surface area contributed by atoms with Gasteiger partial charge in [-0.25, -0.2) is 0 Å². The Hall–Kier alpha value is -3.06. The Balaban J connectivity index is 1.96. The molecule has 0 radical (unpaired) electrons. The number of aryl methyl sites for hydroxylation is 1. The second-order valence-corrected chi connectivity index (χ2v) is 8.87. The van der Waals surface area contributed by atoms with Crippen molar-refractivity contribution in [1.82, 2.24) is 5.32 Å². The summed E-state index contributed by atoms with van der Waals surface area (Å²) in [5.41, 5.74) is 2.27. The van der Waals surface area contributed by atoms with E-state index >= 15 is 0 Å². The number of hydrogen-bond donors (Lipinski definition) is 1. The van der Waals surface area contributed by atoms with Crippen molar-refractivity contribution < 1.29 is 28.5 Å². The first kappa shape index (κ1) is 29.2. The Morgan fingerprint density at radius 1 is 1.14 bits per heavy atom.